The van der Waals surface area contributed by atoms with Crippen molar-refractivity contribution >= 4 is 5.97 Å². The lowest BCUT2D eigenvalue weighted by atomic mass is 9.58. The number of rotatable bonds is 2. The van der Waals surface area contributed by atoms with Crippen LogP contribution in [-0.4, -0.2) is 5.97 Å². The summed E-state index contributed by atoms with van der Waals surface area (Å²) in [5.74, 6) is 1.19. The molecule has 0 spiro atoms. The first-order valence-corrected chi connectivity index (χ1v) is 8.49. The number of hydrogen-bond donors (Lipinski definition) is 0. The first-order chi connectivity index (χ1) is 10.9. The van der Waals surface area contributed by atoms with Crippen molar-refractivity contribution in [3.63, 3.8) is 0 Å². The van der Waals surface area contributed by atoms with Gasteiger partial charge in [0.1, 0.15) is 11.9 Å². The zero-order valence-electron chi connectivity index (χ0n) is 14.7. The summed E-state index contributed by atoms with van der Waals surface area (Å²) < 4.78 is 11.8. The standard InChI is InChI=1S/C20H26O3/c1-6-12(2)19(21)23-18-17-13(3)11-22-16(17)10-15-9-7-8-14(4)20(15,18)5/h6,9,11,14,18H,7-8,10H2,1-5H3/t14-,18+,20+/m0/s1. The van der Waals surface area contributed by atoms with Crippen molar-refractivity contribution < 1.29 is 13.9 Å². The van der Waals surface area contributed by atoms with Gasteiger partial charge in [-0.05, 0) is 45.1 Å². The molecule has 0 aromatic carbocycles. The Morgan fingerprint density at radius 2 is 2.22 bits per heavy atom. The zero-order chi connectivity index (χ0) is 16.8. The van der Waals surface area contributed by atoms with Crippen LogP contribution in [0, 0.1) is 18.3 Å². The average molecular weight is 314 g/mol. The van der Waals surface area contributed by atoms with E-state index in [4.69, 9.17) is 9.15 Å². The number of carbonyl (C=O) groups excluding carboxylic acids is 1. The van der Waals surface area contributed by atoms with Crippen molar-refractivity contribution in [1.82, 2.24) is 0 Å². The van der Waals surface area contributed by atoms with Gasteiger partial charge in [0.25, 0.3) is 0 Å². The third kappa shape index (κ3) is 2.37. The summed E-state index contributed by atoms with van der Waals surface area (Å²) in [7, 11) is 0. The van der Waals surface area contributed by atoms with Gasteiger partial charge in [-0.25, -0.2) is 4.79 Å². The molecule has 2 aliphatic rings. The number of furan rings is 1. The van der Waals surface area contributed by atoms with E-state index in [1.807, 2.05) is 13.8 Å². The summed E-state index contributed by atoms with van der Waals surface area (Å²) >= 11 is 0. The Hall–Kier alpha value is -1.77. The molecule has 0 N–H and O–H groups in total. The minimum absolute atomic E-state index is 0.149. The average Bonchev–Trinajstić information content (AvgIpc) is 2.89. The fourth-order valence-electron chi connectivity index (χ4n) is 4.00. The Morgan fingerprint density at radius 1 is 1.48 bits per heavy atom. The molecule has 3 rings (SSSR count). The van der Waals surface area contributed by atoms with Gasteiger partial charge in [-0.2, -0.15) is 0 Å². The molecule has 3 nitrogen and oxygen atoms in total. The van der Waals surface area contributed by atoms with Gasteiger partial charge in [0.2, 0.25) is 0 Å². The Kier molecular flexibility index (Phi) is 3.99. The number of hydrogen-bond acceptors (Lipinski definition) is 3. The molecule has 0 fully saturated rings. The first-order valence-electron chi connectivity index (χ1n) is 8.49. The Balaban J connectivity index is 2.11. The summed E-state index contributed by atoms with van der Waals surface area (Å²) in [5.41, 5.74) is 4.01. The second kappa shape index (κ2) is 5.70. The second-order valence-corrected chi connectivity index (χ2v) is 7.18. The van der Waals surface area contributed by atoms with E-state index in [0.29, 0.717) is 11.5 Å². The SMILES string of the molecule is CC=C(C)C(=O)O[C@@H]1c2c(C)coc2CC2=CCC[C@H](C)[C@]21C. The van der Waals surface area contributed by atoms with E-state index in [2.05, 4.69) is 19.9 Å². The van der Waals surface area contributed by atoms with Gasteiger partial charge in [0.15, 0.2) is 0 Å². The van der Waals surface area contributed by atoms with E-state index in [1.54, 1.807) is 19.3 Å². The van der Waals surface area contributed by atoms with Crippen molar-refractivity contribution in [2.75, 3.05) is 0 Å². The highest BCUT2D eigenvalue weighted by Crippen LogP contribution is 2.57. The van der Waals surface area contributed by atoms with Crippen molar-refractivity contribution in [3.05, 3.63) is 46.4 Å². The van der Waals surface area contributed by atoms with Gasteiger partial charge in [0.05, 0.1) is 6.26 Å². The molecular formula is C20H26O3. The molecule has 3 heteroatoms. The van der Waals surface area contributed by atoms with Crippen LogP contribution in [0.25, 0.3) is 0 Å². The van der Waals surface area contributed by atoms with Crippen LogP contribution in [0.2, 0.25) is 0 Å². The largest absolute Gasteiger partial charge is 0.468 e. The van der Waals surface area contributed by atoms with E-state index in [-0.39, 0.29) is 17.5 Å². The predicted molar refractivity (Wildman–Crippen MR) is 90.0 cm³/mol. The van der Waals surface area contributed by atoms with Crippen molar-refractivity contribution in [2.45, 2.75) is 60.0 Å². The van der Waals surface area contributed by atoms with Crippen LogP contribution in [0.4, 0.5) is 0 Å². The molecule has 0 radical (unpaired) electrons. The molecule has 23 heavy (non-hydrogen) atoms. The number of allylic oxidation sites excluding steroid dienone is 2. The number of aryl methyl sites for hydroxylation is 1. The molecule has 0 aliphatic heterocycles. The van der Waals surface area contributed by atoms with Crippen LogP contribution in [0.1, 0.15) is 63.5 Å². The van der Waals surface area contributed by atoms with Crippen LogP contribution in [-0.2, 0) is 16.0 Å². The molecule has 0 unspecified atom stereocenters. The number of carbonyl (C=O) groups is 1. The van der Waals surface area contributed by atoms with Crippen LogP contribution in [0.5, 0.6) is 0 Å². The van der Waals surface area contributed by atoms with Gasteiger partial charge >= 0.3 is 5.97 Å². The van der Waals surface area contributed by atoms with Gasteiger partial charge in [0, 0.05) is 23.0 Å². The molecule has 1 aromatic rings. The highest BCUT2D eigenvalue weighted by Gasteiger charge is 2.51. The summed E-state index contributed by atoms with van der Waals surface area (Å²) in [5, 5.41) is 0. The highest BCUT2D eigenvalue weighted by atomic mass is 16.5. The quantitative estimate of drug-likeness (QED) is 0.435. The molecule has 1 heterocycles. The van der Waals surface area contributed by atoms with Crippen molar-refractivity contribution in [2.24, 2.45) is 11.3 Å². The zero-order valence-corrected chi connectivity index (χ0v) is 14.7. The Labute approximate surface area is 138 Å². The minimum Gasteiger partial charge on any atom is -0.468 e. The number of ether oxygens (including phenoxy) is 1. The minimum atomic E-state index is -0.269. The smallest absolute Gasteiger partial charge is 0.334 e. The molecule has 3 atom stereocenters. The maximum Gasteiger partial charge on any atom is 0.334 e. The third-order valence-electron chi connectivity index (χ3n) is 5.95. The van der Waals surface area contributed by atoms with E-state index in [0.717, 1.165) is 36.1 Å². The third-order valence-corrected chi connectivity index (χ3v) is 5.95. The summed E-state index contributed by atoms with van der Waals surface area (Å²) in [6.07, 6.45) is 8.70. The molecule has 0 bridgehead atoms. The van der Waals surface area contributed by atoms with Gasteiger partial charge in [-0.15, -0.1) is 0 Å². The maximum absolute atomic E-state index is 12.5. The molecule has 1 aromatic heterocycles. The topological polar surface area (TPSA) is 39.4 Å². The lowest BCUT2D eigenvalue weighted by Crippen LogP contribution is -2.42. The first kappa shape index (κ1) is 16.1. The summed E-state index contributed by atoms with van der Waals surface area (Å²) in [4.78, 5) is 12.5. The fourth-order valence-corrected chi connectivity index (χ4v) is 4.00. The van der Waals surface area contributed by atoms with Crippen LogP contribution < -0.4 is 0 Å². The number of esters is 1. The Bertz CT molecular complexity index is 692. The van der Waals surface area contributed by atoms with E-state index < -0.39 is 0 Å². The summed E-state index contributed by atoms with van der Waals surface area (Å²) in [6, 6.07) is 0. The second-order valence-electron chi connectivity index (χ2n) is 7.18. The highest BCUT2D eigenvalue weighted by molar-refractivity contribution is 5.88. The predicted octanol–water partition coefficient (Wildman–Crippen LogP) is 5.06. The number of fused-ring (bicyclic) bond motifs is 2. The normalized spacial score (nSPS) is 30.3. The molecule has 2 aliphatic carbocycles. The molecule has 0 saturated heterocycles. The van der Waals surface area contributed by atoms with E-state index in [1.165, 1.54) is 5.57 Å². The van der Waals surface area contributed by atoms with Gasteiger partial charge in [-0.3, -0.25) is 0 Å². The van der Waals surface area contributed by atoms with E-state index in [9.17, 15) is 4.79 Å². The van der Waals surface area contributed by atoms with E-state index >= 15 is 0 Å². The van der Waals surface area contributed by atoms with Crippen LogP contribution in [0.3, 0.4) is 0 Å². The molecule has 124 valence electrons. The Morgan fingerprint density at radius 3 is 2.91 bits per heavy atom. The monoisotopic (exact) mass is 314 g/mol. The molecular weight excluding hydrogens is 288 g/mol. The summed E-state index contributed by atoms with van der Waals surface area (Å²) in [6.45, 7) is 10.2. The lowest BCUT2D eigenvalue weighted by Gasteiger charge is -2.48. The van der Waals surface area contributed by atoms with Crippen LogP contribution in [0.15, 0.2) is 34.0 Å². The molecule has 0 saturated carbocycles. The van der Waals surface area contributed by atoms with Gasteiger partial charge in [-0.1, -0.05) is 31.6 Å². The molecule has 0 amide bonds. The lowest BCUT2D eigenvalue weighted by molar-refractivity contribution is -0.153. The van der Waals surface area contributed by atoms with Crippen LogP contribution >= 0.6 is 0 Å². The van der Waals surface area contributed by atoms with Crippen molar-refractivity contribution in [3.8, 4) is 0 Å². The fraction of sp³-hybridized carbons (Fsp3) is 0.550. The van der Waals surface area contributed by atoms with Gasteiger partial charge < -0.3 is 9.15 Å². The maximum atomic E-state index is 12.5. The van der Waals surface area contributed by atoms with Crippen molar-refractivity contribution in [1.29, 1.82) is 0 Å².